The number of unbranched alkanes of at least 4 members (excludes halogenated alkanes) is 8. The fourth-order valence-corrected chi connectivity index (χ4v) is 2.63. The van der Waals surface area contributed by atoms with Gasteiger partial charge in [-0.1, -0.05) is 98.2 Å². The molecule has 0 spiro atoms. The second kappa shape index (κ2) is 11.3. The number of benzene rings is 1. The topological polar surface area (TPSA) is 0 Å². The minimum Gasteiger partial charge on any atom is -0.0839 e. The van der Waals surface area contributed by atoms with Crippen LogP contribution < -0.4 is 0 Å². The molecule has 0 bridgehead atoms. The molecule has 0 amide bonds. The van der Waals surface area contributed by atoms with Gasteiger partial charge in [0.2, 0.25) is 0 Å². The lowest BCUT2D eigenvalue weighted by atomic mass is 10.1. The minimum atomic E-state index is 1.18. The van der Waals surface area contributed by atoms with Gasteiger partial charge >= 0.3 is 0 Å². The van der Waals surface area contributed by atoms with Crippen LogP contribution in [-0.4, -0.2) is 0 Å². The summed E-state index contributed by atoms with van der Waals surface area (Å²) in [4.78, 5) is 0. The van der Waals surface area contributed by atoms with Crippen molar-refractivity contribution in [1.29, 1.82) is 0 Å². The van der Waals surface area contributed by atoms with E-state index in [2.05, 4.69) is 59.3 Å². The molecule has 1 aromatic carbocycles. The van der Waals surface area contributed by atoms with Crippen molar-refractivity contribution >= 4 is 22.0 Å². The summed E-state index contributed by atoms with van der Waals surface area (Å²) < 4.78 is 1.18. The van der Waals surface area contributed by atoms with Crippen molar-refractivity contribution in [3.05, 3.63) is 40.4 Å². The van der Waals surface area contributed by atoms with Crippen molar-refractivity contribution in [3.8, 4) is 0 Å². The zero-order chi connectivity index (χ0) is 13.8. The summed E-state index contributed by atoms with van der Waals surface area (Å²) in [6.07, 6.45) is 16.9. The lowest BCUT2D eigenvalue weighted by Gasteiger charge is -2.00. The Morgan fingerprint density at radius 3 is 2.21 bits per heavy atom. The van der Waals surface area contributed by atoms with Crippen molar-refractivity contribution in [1.82, 2.24) is 0 Å². The van der Waals surface area contributed by atoms with Crippen LogP contribution in [0.25, 0.3) is 6.08 Å². The van der Waals surface area contributed by atoms with Gasteiger partial charge in [-0.2, -0.15) is 0 Å². The minimum absolute atomic E-state index is 1.18. The summed E-state index contributed by atoms with van der Waals surface area (Å²) in [7, 11) is 0. The predicted octanol–water partition coefficient (Wildman–Crippen LogP) is 6.99. The molecule has 1 rings (SSSR count). The molecule has 0 atom stereocenters. The van der Waals surface area contributed by atoms with E-state index < -0.39 is 0 Å². The molecule has 0 unspecified atom stereocenters. The van der Waals surface area contributed by atoms with Gasteiger partial charge < -0.3 is 0 Å². The van der Waals surface area contributed by atoms with Gasteiger partial charge in [-0.15, -0.1) is 0 Å². The summed E-state index contributed by atoms with van der Waals surface area (Å²) in [6, 6.07) is 8.38. The standard InChI is InChI=1S/C18H27Br/c1-2-3-4-5-6-7-8-9-10-11-14-17-15-12-13-16-18(17)19/h11-16H,2-10H2,1H3. The van der Waals surface area contributed by atoms with Gasteiger partial charge in [-0.25, -0.2) is 0 Å². The van der Waals surface area contributed by atoms with E-state index in [0.717, 1.165) is 0 Å². The molecule has 1 aromatic rings. The average molecular weight is 323 g/mol. The fraction of sp³-hybridized carbons (Fsp3) is 0.556. The molecule has 1 heteroatoms. The Balaban J connectivity index is 2.00. The molecule has 0 heterocycles. The van der Waals surface area contributed by atoms with E-state index in [4.69, 9.17) is 0 Å². The van der Waals surface area contributed by atoms with Gasteiger partial charge in [0.05, 0.1) is 0 Å². The third-order valence-electron chi connectivity index (χ3n) is 3.43. The van der Waals surface area contributed by atoms with E-state index in [1.54, 1.807) is 0 Å². The maximum Gasteiger partial charge on any atom is 0.0247 e. The van der Waals surface area contributed by atoms with Crippen LogP contribution in [0, 0.1) is 0 Å². The first kappa shape index (κ1) is 16.5. The van der Waals surface area contributed by atoms with Gasteiger partial charge in [-0.3, -0.25) is 0 Å². The van der Waals surface area contributed by atoms with E-state index in [9.17, 15) is 0 Å². The van der Waals surface area contributed by atoms with E-state index in [-0.39, 0.29) is 0 Å². The molecule has 0 fully saturated rings. The number of hydrogen-bond donors (Lipinski definition) is 0. The SMILES string of the molecule is CCCCCCCCCCC=Cc1ccccc1Br. The normalized spacial score (nSPS) is 11.3. The lowest BCUT2D eigenvalue weighted by molar-refractivity contribution is 0.578. The summed E-state index contributed by atoms with van der Waals surface area (Å²) >= 11 is 3.57. The second-order valence-corrected chi connectivity index (χ2v) is 6.04. The summed E-state index contributed by atoms with van der Waals surface area (Å²) in [6.45, 7) is 2.28. The second-order valence-electron chi connectivity index (χ2n) is 5.19. The Hall–Kier alpha value is -0.560. The highest BCUT2D eigenvalue weighted by Crippen LogP contribution is 2.18. The molecule has 0 aliphatic heterocycles. The van der Waals surface area contributed by atoms with Crippen LogP contribution in [0.15, 0.2) is 34.8 Å². The third-order valence-corrected chi connectivity index (χ3v) is 4.15. The monoisotopic (exact) mass is 322 g/mol. The van der Waals surface area contributed by atoms with E-state index in [0.29, 0.717) is 0 Å². The molecule has 0 saturated carbocycles. The number of allylic oxidation sites excluding steroid dienone is 1. The smallest absolute Gasteiger partial charge is 0.0247 e. The molecular formula is C18H27Br. The first-order chi connectivity index (χ1) is 9.34. The molecule has 0 nitrogen and oxygen atoms in total. The van der Waals surface area contributed by atoms with Gasteiger partial charge in [0.15, 0.2) is 0 Å². The van der Waals surface area contributed by atoms with Crippen molar-refractivity contribution < 1.29 is 0 Å². The Bertz CT molecular complexity index is 354. The van der Waals surface area contributed by atoms with Crippen LogP contribution in [0.2, 0.25) is 0 Å². The number of halogens is 1. The first-order valence-electron chi connectivity index (χ1n) is 7.75. The van der Waals surface area contributed by atoms with E-state index in [1.165, 1.54) is 67.8 Å². The van der Waals surface area contributed by atoms with E-state index >= 15 is 0 Å². The molecule has 0 aliphatic carbocycles. The molecule has 0 aliphatic rings. The molecule has 0 aromatic heterocycles. The highest BCUT2D eigenvalue weighted by molar-refractivity contribution is 9.10. The highest BCUT2D eigenvalue weighted by atomic mass is 79.9. The molecule has 19 heavy (non-hydrogen) atoms. The van der Waals surface area contributed by atoms with Crippen LogP contribution in [0.5, 0.6) is 0 Å². The number of rotatable bonds is 10. The molecule has 0 radical (unpaired) electrons. The van der Waals surface area contributed by atoms with Crippen molar-refractivity contribution in [2.45, 2.75) is 64.7 Å². The number of hydrogen-bond acceptors (Lipinski definition) is 0. The summed E-state index contributed by atoms with van der Waals surface area (Å²) in [5.41, 5.74) is 1.28. The fourth-order valence-electron chi connectivity index (χ4n) is 2.22. The quantitative estimate of drug-likeness (QED) is 0.407. The maximum atomic E-state index is 3.57. The van der Waals surface area contributed by atoms with Crippen LogP contribution in [0.4, 0.5) is 0 Å². The van der Waals surface area contributed by atoms with Crippen LogP contribution >= 0.6 is 15.9 Å². The Morgan fingerprint density at radius 1 is 0.895 bits per heavy atom. The first-order valence-corrected chi connectivity index (χ1v) is 8.55. The van der Waals surface area contributed by atoms with Gasteiger partial charge in [0.1, 0.15) is 0 Å². The van der Waals surface area contributed by atoms with Crippen LogP contribution in [0.3, 0.4) is 0 Å². The maximum absolute atomic E-state index is 3.57. The molecule has 106 valence electrons. The summed E-state index contributed by atoms with van der Waals surface area (Å²) in [5, 5.41) is 0. The van der Waals surface area contributed by atoms with Gasteiger partial charge in [0, 0.05) is 4.47 Å². The third kappa shape index (κ3) is 8.26. The van der Waals surface area contributed by atoms with Gasteiger partial charge in [-0.05, 0) is 24.5 Å². The Morgan fingerprint density at radius 2 is 1.53 bits per heavy atom. The molecule has 0 N–H and O–H groups in total. The zero-order valence-corrected chi connectivity index (χ0v) is 13.8. The Kier molecular flexibility index (Phi) is 9.79. The van der Waals surface area contributed by atoms with Crippen molar-refractivity contribution in [2.24, 2.45) is 0 Å². The highest BCUT2D eigenvalue weighted by Gasteiger charge is 1.93. The molecular weight excluding hydrogens is 296 g/mol. The largest absolute Gasteiger partial charge is 0.0839 e. The van der Waals surface area contributed by atoms with Crippen molar-refractivity contribution in [2.75, 3.05) is 0 Å². The van der Waals surface area contributed by atoms with Crippen LogP contribution in [0.1, 0.15) is 70.3 Å². The lowest BCUT2D eigenvalue weighted by Crippen LogP contribution is -1.80. The molecule has 0 saturated heterocycles. The van der Waals surface area contributed by atoms with Crippen LogP contribution in [-0.2, 0) is 0 Å². The van der Waals surface area contributed by atoms with Gasteiger partial charge in [0.25, 0.3) is 0 Å². The Labute approximate surface area is 127 Å². The summed E-state index contributed by atoms with van der Waals surface area (Å²) in [5.74, 6) is 0. The van der Waals surface area contributed by atoms with E-state index in [1.807, 2.05) is 0 Å². The zero-order valence-electron chi connectivity index (χ0n) is 12.2. The average Bonchev–Trinajstić information content (AvgIpc) is 2.43. The predicted molar refractivity (Wildman–Crippen MR) is 90.4 cm³/mol. The van der Waals surface area contributed by atoms with Crippen molar-refractivity contribution in [3.63, 3.8) is 0 Å².